The molecule has 102 valence electrons. The van der Waals surface area contributed by atoms with Gasteiger partial charge in [-0.15, -0.1) is 11.3 Å². The number of carbonyl (C=O) groups excluding carboxylic acids is 1. The van der Waals surface area contributed by atoms with Gasteiger partial charge in [-0.2, -0.15) is 0 Å². The highest BCUT2D eigenvalue weighted by atomic mass is 32.2. The summed E-state index contributed by atoms with van der Waals surface area (Å²) in [6.45, 7) is 0.335. The number of thiazole rings is 1. The van der Waals surface area contributed by atoms with Gasteiger partial charge >= 0.3 is 0 Å². The lowest BCUT2D eigenvalue weighted by atomic mass is 10.4. The minimum atomic E-state index is -3.29. The fourth-order valence-corrected chi connectivity index (χ4v) is 2.46. The Kier molecular flexibility index (Phi) is 5.20. The second-order valence-electron chi connectivity index (χ2n) is 3.68. The molecule has 18 heavy (non-hydrogen) atoms. The van der Waals surface area contributed by atoms with Crippen molar-refractivity contribution < 1.29 is 13.2 Å². The Hall–Kier alpha value is -1.03. The molecule has 7 nitrogen and oxygen atoms in total. The molecule has 0 spiro atoms. The van der Waals surface area contributed by atoms with Crippen LogP contribution >= 0.6 is 11.3 Å². The molecular formula is C9H16N4O3S2. The Labute approximate surface area is 110 Å². The number of nitrogens with one attached hydrogen (secondary N) is 1. The molecule has 1 aromatic heterocycles. The lowest BCUT2D eigenvalue weighted by Crippen LogP contribution is -2.34. The summed E-state index contributed by atoms with van der Waals surface area (Å²) >= 11 is 1.30. The molecular weight excluding hydrogens is 276 g/mol. The van der Waals surface area contributed by atoms with Gasteiger partial charge in [0.2, 0.25) is 10.0 Å². The number of rotatable bonds is 6. The predicted octanol–water partition coefficient (Wildman–Crippen LogP) is -0.777. The van der Waals surface area contributed by atoms with Crippen molar-refractivity contribution in [3.8, 4) is 0 Å². The third-order valence-corrected chi connectivity index (χ3v) is 4.86. The van der Waals surface area contributed by atoms with E-state index in [4.69, 9.17) is 5.73 Å². The first-order chi connectivity index (χ1) is 8.36. The molecule has 9 heteroatoms. The topological polar surface area (TPSA) is 105 Å². The van der Waals surface area contributed by atoms with Gasteiger partial charge in [-0.3, -0.25) is 4.79 Å². The van der Waals surface area contributed by atoms with E-state index in [0.29, 0.717) is 5.01 Å². The number of amides is 1. The van der Waals surface area contributed by atoms with Gasteiger partial charge in [0.15, 0.2) is 0 Å². The Morgan fingerprint density at radius 3 is 2.72 bits per heavy atom. The average Bonchev–Trinajstić information content (AvgIpc) is 2.76. The van der Waals surface area contributed by atoms with Crippen molar-refractivity contribution in [1.29, 1.82) is 0 Å². The molecule has 0 saturated heterocycles. The van der Waals surface area contributed by atoms with E-state index in [1.54, 1.807) is 5.38 Å². The van der Waals surface area contributed by atoms with Crippen LogP contribution in [0.1, 0.15) is 15.5 Å². The number of hydrogen-bond acceptors (Lipinski definition) is 6. The van der Waals surface area contributed by atoms with Gasteiger partial charge in [-0.25, -0.2) is 17.7 Å². The van der Waals surface area contributed by atoms with Gasteiger partial charge in [0.1, 0.15) is 10.7 Å². The van der Waals surface area contributed by atoms with Crippen molar-refractivity contribution >= 4 is 27.3 Å². The number of nitrogens with zero attached hydrogens (tertiary/aromatic N) is 2. The first-order valence-electron chi connectivity index (χ1n) is 5.19. The summed E-state index contributed by atoms with van der Waals surface area (Å²) < 4.78 is 24.0. The summed E-state index contributed by atoms with van der Waals surface area (Å²) in [5.74, 6) is -0.528. The molecule has 0 fully saturated rings. The van der Waals surface area contributed by atoms with Gasteiger partial charge in [0.05, 0.1) is 5.75 Å². The molecule has 0 bridgehead atoms. The van der Waals surface area contributed by atoms with Gasteiger partial charge < -0.3 is 11.1 Å². The third kappa shape index (κ3) is 4.02. The minimum Gasteiger partial charge on any atom is -0.350 e. The summed E-state index contributed by atoms with van der Waals surface area (Å²) in [6.07, 6.45) is 0. The summed E-state index contributed by atoms with van der Waals surface area (Å²) in [5, 5.41) is 4.77. The van der Waals surface area contributed by atoms with Crippen LogP contribution in [-0.2, 0) is 16.6 Å². The zero-order chi connectivity index (χ0) is 13.8. The molecule has 0 aromatic carbocycles. The molecule has 0 atom stereocenters. The molecule has 0 aliphatic heterocycles. The Morgan fingerprint density at radius 2 is 2.22 bits per heavy atom. The maximum absolute atomic E-state index is 11.6. The summed E-state index contributed by atoms with van der Waals surface area (Å²) in [4.78, 5) is 15.6. The van der Waals surface area contributed by atoms with Crippen LogP contribution in [0.2, 0.25) is 0 Å². The third-order valence-electron chi connectivity index (χ3n) is 2.16. The van der Waals surface area contributed by atoms with Crippen molar-refractivity contribution in [3.05, 3.63) is 16.1 Å². The van der Waals surface area contributed by atoms with E-state index in [-0.39, 0.29) is 30.4 Å². The van der Waals surface area contributed by atoms with Crippen LogP contribution in [0.3, 0.4) is 0 Å². The molecule has 0 aliphatic rings. The lowest BCUT2D eigenvalue weighted by Gasteiger charge is -2.11. The van der Waals surface area contributed by atoms with E-state index in [2.05, 4.69) is 10.3 Å². The highest BCUT2D eigenvalue weighted by molar-refractivity contribution is 7.89. The van der Waals surface area contributed by atoms with Crippen molar-refractivity contribution in [3.63, 3.8) is 0 Å². The second-order valence-corrected chi connectivity index (χ2v) is 6.93. The quantitative estimate of drug-likeness (QED) is 0.716. The molecule has 3 N–H and O–H groups in total. The van der Waals surface area contributed by atoms with E-state index in [1.807, 2.05) is 0 Å². The molecule has 0 aliphatic carbocycles. The van der Waals surface area contributed by atoms with Crippen LogP contribution < -0.4 is 11.1 Å². The van der Waals surface area contributed by atoms with Crippen molar-refractivity contribution in [1.82, 2.24) is 14.6 Å². The maximum atomic E-state index is 11.6. The van der Waals surface area contributed by atoms with Gasteiger partial charge in [-0.1, -0.05) is 0 Å². The molecule has 1 amide bonds. The molecule has 1 heterocycles. The Balaban J connectivity index is 2.47. The zero-order valence-corrected chi connectivity index (χ0v) is 11.8. The van der Waals surface area contributed by atoms with E-state index in [1.165, 1.54) is 25.4 Å². The van der Waals surface area contributed by atoms with Crippen LogP contribution in [0.25, 0.3) is 0 Å². The van der Waals surface area contributed by atoms with Gasteiger partial charge in [0.25, 0.3) is 5.91 Å². The van der Waals surface area contributed by atoms with E-state index >= 15 is 0 Å². The number of hydrogen-bond donors (Lipinski definition) is 2. The second kappa shape index (κ2) is 6.23. The van der Waals surface area contributed by atoms with Crippen LogP contribution in [-0.4, -0.2) is 50.0 Å². The maximum Gasteiger partial charge on any atom is 0.270 e. The number of aromatic nitrogens is 1. The molecule has 1 aromatic rings. The minimum absolute atomic E-state index is 0.0504. The van der Waals surface area contributed by atoms with Crippen LogP contribution in [0.4, 0.5) is 0 Å². The van der Waals surface area contributed by atoms with Crippen molar-refractivity contribution in [2.45, 2.75) is 6.54 Å². The van der Waals surface area contributed by atoms with Gasteiger partial charge in [0, 0.05) is 32.6 Å². The van der Waals surface area contributed by atoms with E-state index < -0.39 is 10.0 Å². The molecule has 0 unspecified atom stereocenters. The predicted molar refractivity (Wildman–Crippen MR) is 69.8 cm³/mol. The number of carbonyl (C=O) groups is 1. The van der Waals surface area contributed by atoms with Crippen molar-refractivity contribution in [2.24, 2.45) is 5.73 Å². The first kappa shape index (κ1) is 15.0. The Bertz CT molecular complexity index is 510. The van der Waals surface area contributed by atoms with Crippen LogP contribution in [0, 0.1) is 0 Å². The van der Waals surface area contributed by atoms with E-state index in [0.717, 1.165) is 4.31 Å². The van der Waals surface area contributed by atoms with Crippen LogP contribution in [0.5, 0.6) is 0 Å². The monoisotopic (exact) mass is 292 g/mol. The first-order valence-corrected chi connectivity index (χ1v) is 7.68. The molecule has 0 saturated carbocycles. The summed E-state index contributed by atoms with van der Waals surface area (Å²) in [7, 11) is -0.396. The lowest BCUT2D eigenvalue weighted by molar-refractivity contribution is 0.0951. The zero-order valence-electron chi connectivity index (χ0n) is 10.2. The number of nitrogens with two attached hydrogens (primary N) is 1. The Morgan fingerprint density at radius 1 is 1.56 bits per heavy atom. The molecule has 1 rings (SSSR count). The van der Waals surface area contributed by atoms with Crippen LogP contribution in [0.15, 0.2) is 5.38 Å². The van der Waals surface area contributed by atoms with E-state index in [9.17, 15) is 13.2 Å². The fraction of sp³-hybridized carbons (Fsp3) is 0.556. The van der Waals surface area contributed by atoms with Crippen molar-refractivity contribution in [2.75, 3.05) is 26.4 Å². The number of sulfonamides is 1. The smallest absolute Gasteiger partial charge is 0.270 e. The molecule has 0 radical (unpaired) electrons. The normalized spacial score (nSPS) is 11.8. The highest BCUT2D eigenvalue weighted by Gasteiger charge is 2.15. The van der Waals surface area contributed by atoms with Gasteiger partial charge in [-0.05, 0) is 0 Å². The fourth-order valence-electron chi connectivity index (χ4n) is 1.08. The highest BCUT2D eigenvalue weighted by Crippen LogP contribution is 2.08. The average molecular weight is 292 g/mol. The summed E-state index contributed by atoms with van der Waals surface area (Å²) in [5.41, 5.74) is 5.65. The largest absolute Gasteiger partial charge is 0.350 e. The SMILES string of the molecule is CN(C)S(=O)(=O)CCNC(=O)c1csc(CN)n1. The standard InChI is InChI=1S/C9H16N4O3S2/c1-13(2)18(15,16)4-3-11-9(14)7-6-17-8(5-10)12-7/h6H,3-5,10H2,1-2H3,(H,11,14). The summed E-state index contributed by atoms with van der Waals surface area (Å²) in [6, 6.07) is 0.